The molecule has 0 saturated carbocycles. The highest BCUT2D eigenvalue weighted by molar-refractivity contribution is 5.66. The molecular weight excluding hydrogens is 274 g/mol. The number of carbonyl (C=O) groups is 1. The van der Waals surface area contributed by atoms with Gasteiger partial charge in [0, 0.05) is 6.42 Å². The zero-order chi connectivity index (χ0) is 16.9. The van der Waals surface area contributed by atoms with Crippen LogP contribution < -0.4 is 5.73 Å². The van der Waals surface area contributed by atoms with Crippen LogP contribution in [0.1, 0.15) is 110 Å². The minimum Gasteiger partial charge on any atom is -0.481 e. The third-order valence-electron chi connectivity index (χ3n) is 3.80. The predicted octanol–water partition coefficient (Wildman–Crippen LogP) is 5.91. The molecule has 0 bridgehead atoms. The van der Waals surface area contributed by atoms with Gasteiger partial charge in [-0.2, -0.15) is 0 Å². The second kappa shape index (κ2) is 22.7. The van der Waals surface area contributed by atoms with Gasteiger partial charge in [0.15, 0.2) is 0 Å². The van der Waals surface area contributed by atoms with Crippen LogP contribution in [0.25, 0.3) is 0 Å². The zero-order valence-electron chi connectivity index (χ0n) is 15.2. The minimum absolute atomic E-state index is 0.344. The molecule has 0 aromatic rings. The largest absolute Gasteiger partial charge is 0.481 e. The van der Waals surface area contributed by atoms with Crippen molar-refractivity contribution in [2.75, 3.05) is 6.54 Å². The lowest BCUT2D eigenvalue weighted by Gasteiger charge is -2.01. The quantitative estimate of drug-likeness (QED) is 0.369. The van der Waals surface area contributed by atoms with E-state index in [1.165, 1.54) is 77.0 Å². The molecule has 0 heterocycles. The summed E-state index contributed by atoms with van der Waals surface area (Å²) in [4.78, 5) is 10.3. The Morgan fingerprint density at radius 3 is 1.36 bits per heavy atom. The summed E-state index contributed by atoms with van der Waals surface area (Å²) >= 11 is 0. The van der Waals surface area contributed by atoms with Crippen molar-refractivity contribution in [3.63, 3.8) is 0 Å². The topological polar surface area (TPSA) is 63.3 Å². The summed E-state index contributed by atoms with van der Waals surface area (Å²) in [6.45, 7) is 5.28. The molecule has 0 atom stereocenters. The van der Waals surface area contributed by atoms with Gasteiger partial charge in [-0.25, -0.2) is 0 Å². The second-order valence-electron chi connectivity index (χ2n) is 6.18. The monoisotopic (exact) mass is 315 g/mol. The Hall–Kier alpha value is -0.570. The number of nitrogens with two attached hydrogens (primary N) is 1. The van der Waals surface area contributed by atoms with Crippen molar-refractivity contribution < 1.29 is 9.90 Å². The lowest BCUT2D eigenvalue weighted by Crippen LogP contribution is -1.96. The van der Waals surface area contributed by atoms with Gasteiger partial charge in [-0.15, -0.1) is 0 Å². The maximum atomic E-state index is 10.3. The molecule has 0 fully saturated rings. The number of hydrogen-bond acceptors (Lipinski definition) is 2. The van der Waals surface area contributed by atoms with Crippen molar-refractivity contribution in [1.29, 1.82) is 0 Å². The molecule has 0 amide bonds. The van der Waals surface area contributed by atoms with Gasteiger partial charge in [0.05, 0.1) is 0 Å². The molecule has 0 aromatic heterocycles. The van der Waals surface area contributed by atoms with E-state index in [9.17, 15) is 4.79 Å². The number of carboxylic acid groups (broad SMARTS) is 1. The van der Waals surface area contributed by atoms with Crippen LogP contribution in [-0.2, 0) is 4.79 Å². The number of unbranched alkanes of at least 4 members (excludes halogenated alkanes) is 12. The third-order valence-corrected chi connectivity index (χ3v) is 3.80. The Morgan fingerprint density at radius 2 is 1.05 bits per heavy atom. The maximum absolute atomic E-state index is 10.3. The van der Waals surface area contributed by atoms with E-state index >= 15 is 0 Å². The lowest BCUT2D eigenvalue weighted by molar-refractivity contribution is -0.137. The van der Waals surface area contributed by atoms with Gasteiger partial charge in [-0.1, -0.05) is 90.9 Å². The molecule has 3 heteroatoms. The van der Waals surface area contributed by atoms with E-state index in [0.717, 1.165) is 19.4 Å². The summed E-state index contributed by atoms with van der Waals surface area (Å²) in [5, 5.41) is 8.46. The predicted molar refractivity (Wildman–Crippen MR) is 97.3 cm³/mol. The van der Waals surface area contributed by atoms with E-state index in [-0.39, 0.29) is 0 Å². The smallest absolute Gasteiger partial charge is 0.303 e. The van der Waals surface area contributed by atoms with Gasteiger partial charge in [0.1, 0.15) is 0 Å². The van der Waals surface area contributed by atoms with Crippen LogP contribution in [-0.4, -0.2) is 17.6 Å². The number of aliphatic carboxylic acids is 1. The summed E-state index contributed by atoms with van der Waals surface area (Å²) in [7, 11) is 0. The second-order valence-corrected chi connectivity index (χ2v) is 6.18. The molecule has 0 aliphatic heterocycles. The Morgan fingerprint density at radius 1 is 0.682 bits per heavy atom. The minimum atomic E-state index is -0.657. The van der Waals surface area contributed by atoms with E-state index in [2.05, 4.69) is 13.8 Å². The molecule has 0 unspecified atom stereocenters. The first-order chi connectivity index (χ1) is 10.7. The molecule has 3 N–H and O–H groups in total. The number of rotatable bonds is 15. The van der Waals surface area contributed by atoms with E-state index in [1.807, 2.05) is 0 Å². The molecule has 0 radical (unpaired) electrons. The fourth-order valence-electron chi connectivity index (χ4n) is 2.33. The first kappa shape index (κ1) is 23.7. The molecule has 0 rings (SSSR count). The van der Waals surface area contributed by atoms with Gasteiger partial charge >= 0.3 is 5.97 Å². The molecule has 0 aromatic carbocycles. The Kier molecular flexibility index (Phi) is 24.5. The molecule has 3 nitrogen and oxygen atoms in total. The van der Waals surface area contributed by atoms with Crippen LogP contribution in [0.15, 0.2) is 0 Å². The fraction of sp³-hybridized carbons (Fsp3) is 0.947. The lowest BCUT2D eigenvalue weighted by atomic mass is 10.1. The molecule has 0 spiro atoms. The van der Waals surface area contributed by atoms with Gasteiger partial charge in [0.25, 0.3) is 0 Å². The van der Waals surface area contributed by atoms with Crippen molar-refractivity contribution in [2.24, 2.45) is 5.73 Å². The third kappa shape index (κ3) is 27.7. The van der Waals surface area contributed by atoms with E-state index in [4.69, 9.17) is 10.8 Å². The molecule has 22 heavy (non-hydrogen) atoms. The van der Waals surface area contributed by atoms with Crippen molar-refractivity contribution in [1.82, 2.24) is 0 Å². The Labute approximate surface area is 139 Å². The van der Waals surface area contributed by atoms with E-state index in [1.54, 1.807) is 0 Å². The van der Waals surface area contributed by atoms with Crippen molar-refractivity contribution in [2.45, 2.75) is 110 Å². The molecule has 0 aliphatic carbocycles. The highest BCUT2D eigenvalue weighted by atomic mass is 16.4. The number of carboxylic acids is 1. The highest BCUT2D eigenvalue weighted by Gasteiger charge is 1.96. The summed E-state index contributed by atoms with van der Waals surface area (Å²) in [6, 6.07) is 0. The van der Waals surface area contributed by atoms with Crippen molar-refractivity contribution >= 4 is 5.97 Å². The van der Waals surface area contributed by atoms with E-state index < -0.39 is 5.97 Å². The summed E-state index contributed by atoms with van der Waals surface area (Å²) in [5.41, 5.74) is 5.21. The van der Waals surface area contributed by atoms with Crippen LogP contribution in [0, 0.1) is 0 Å². The normalized spacial score (nSPS) is 10.1. The first-order valence-corrected chi connectivity index (χ1v) is 9.60. The van der Waals surface area contributed by atoms with Gasteiger partial charge in [0.2, 0.25) is 0 Å². The van der Waals surface area contributed by atoms with Crippen molar-refractivity contribution in [3.05, 3.63) is 0 Å². The first-order valence-electron chi connectivity index (χ1n) is 9.60. The van der Waals surface area contributed by atoms with Gasteiger partial charge in [-0.3, -0.25) is 4.79 Å². The molecule has 134 valence electrons. The highest BCUT2D eigenvalue weighted by Crippen LogP contribution is 2.11. The maximum Gasteiger partial charge on any atom is 0.303 e. The average Bonchev–Trinajstić information content (AvgIpc) is 2.51. The molecular formula is C19H41NO2. The van der Waals surface area contributed by atoms with Gasteiger partial charge in [-0.05, 0) is 19.4 Å². The molecule has 0 saturated heterocycles. The van der Waals surface area contributed by atoms with Crippen molar-refractivity contribution in [3.8, 4) is 0 Å². The fourth-order valence-corrected chi connectivity index (χ4v) is 2.33. The Bertz CT molecular complexity index is 204. The summed E-state index contributed by atoms with van der Waals surface area (Å²) in [5.74, 6) is -0.657. The van der Waals surface area contributed by atoms with Gasteiger partial charge < -0.3 is 10.8 Å². The zero-order valence-corrected chi connectivity index (χ0v) is 15.2. The van der Waals surface area contributed by atoms with Crippen LogP contribution >= 0.6 is 0 Å². The van der Waals surface area contributed by atoms with Crippen LogP contribution in [0.4, 0.5) is 0 Å². The average molecular weight is 316 g/mol. The SMILES string of the molecule is CCCCCCCCCCCCCC(=O)O.CCCCCN. The summed E-state index contributed by atoms with van der Waals surface area (Å²) in [6.07, 6.45) is 18.1. The summed E-state index contributed by atoms with van der Waals surface area (Å²) < 4.78 is 0. The molecule has 0 aliphatic rings. The van der Waals surface area contributed by atoms with Crippen LogP contribution in [0.2, 0.25) is 0 Å². The van der Waals surface area contributed by atoms with Crippen LogP contribution in [0.5, 0.6) is 0 Å². The van der Waals surface area contributed by atoms with Crippen LogP contribution in [0.3, 0.4) is 0 Å². The van der Waals surface area contributed by atoms with E-state index in [0.29, 0.717) is 6.42 Å². The number of hydrogen-bond donors (Lipinski definition) is 2. The Balaban J connectivity index is 0. The standard InChI is InChI=1S/C14H28O2.C5H13N/c1-2-3-4-5-6-7-8-9-10-11-12-13-14(15)16;1-2-3-4-5-6/h2-13H2,1H3,(H,15,16);2-6H2,1H3.